The molecule has 0 radical (unpaired) electrons. The van der Waals surface area contributed by atoms with Crippen molar-refractivity contribution in [2.75, 3.05) is 13.1 Å². The van der Waals surface area contributed by atoms with Gasteiger partial charge in [-0.1, -0.05) is 0 Å². The summed E-state index contributed by atoms with van der Waals surface area (Å²) in [5.41, 5.74) is 10.9. The maximum absolute atomic E-state index is 13.2. The first-order valence-electron chi connectivity index (χ1n) is 11.0. The van der Waals surface area contributed by atoms with Crippen LogP contribution in [0.3, 0.4) is 0 Å². The lowest BCUT2D eigenvalue weighted by Crippen LogP contribution is -2.55. The van der Waals surface area contributed by atoms with Gasteiger partial charge in [0, 0.05) is 25.3 Å². The standard InChI is InChI=1S/C22H27F3N6O3S/c23-14-12-31(13-14)16-5-7-22(8-6-16,9-10-26)29-11-18(20(28)32)19(27)30-15-1-3-17(4-2-15)35(33,34)21(24)25/h1-4,11,14,16,18,21H,5-9,12-13H2,(H2,27,30)(H2,28,32). The Morgan fingerprint density at radius 2 is 1.83 bits per heavy atom. The van der Waals surface area contributed by atoms with Gasteiger partial charge in [-0.25, -0.2) is 17.8 Å². The highest BCUT2D eigenvalue weighted by Crippen LogP contribution is 2.38. The Kier molecular flexibility index (Phi) is 8.17. The third kappa shape index (κ3) is 6.18. The molecule has 1 amide bonds. The minimum Gasteiger partial charge on any atom is -0.386 e. The van der Waals surface area contributed by atoms with Crippen LogP contribution in [0.1, 0.15) is 32.1 Å². The molecule has 3 rings (SSSR count). The summed E-state index contributed by atoms with van der Waals surface area (Å²) in [6.45, 7) is 0.843. The number of rotatable bonds is 9. The van der Waals surface area contributed by atoms with Gasteiger partial charge in [0.15, 0.2) is 0 Å². The first-order chi connectivity index (χ1) is 16.5. The van der Waals surface area contributed by atoms with E-state index in [-0.39, 0.29) is 24.0 Å². The molecule has 190 valence electrons. The number of benzene rings is 1. The molecular formula is C22H27F3N6O3S. The van der Waals surface area contributed by atoms with Gasteiger partial charge < -0.3 is 11.5 Å². The number of amides is 1. The quantitative estimate of drug-likeness (QED) is 0.381. The lowest BCUT2D eigenvalue weighted by molar-refractivity contribution is -0.118. The van der Waals surface area contributed by atoms with E-state index < -0.39 is 44.0 Å². The summed E-state index contributed by atoms with van der Waals surface area (Å²) < 4.78 is 61.6. The van der Waals surface area contributed by atoms with E-state index in [0.717, 1.165) is 25.0 Å². The highest BCUT2D eigenvalue weighted by Gasteiger charge is 2.40. The Labute approximate surface area is 201 Å². The average Bonchev–Trinajstić information content (AvgIpc) is 2.78. The molecule has 4 N–H and O–H groups in total. The predicted molar refractivity (Wildman–Crippen MR) is 124 cm³/mol. The van der Waals surface area contributed by atoms with Gasteiger partial charge in [-0.15, -0.1) is 0 Å². The molecule has 0 spiro atoms. The van der Waals surface area contributed by atoms with Gasteiger partial charge in [-0.05, 0) is 49.9 Å². The van der Waals surface area contributed by atoms with Crippen LogP contribution >= 0.6 is 0 Å². The number of nitriles is 1. The SMILES string of the molecule is N#CCC1(N=CC(C(N)=O)C(N)=Nc2ccc(S(=O)(=O)C(F)F)cc2)CCC(N2CC(F)C2)CC1. The van der Waals surface area contributed by atoms with Crippen LogP contribution in [0.2, 0.25) is 0 Å². The summed E-state index contributed by atoms with van der Waals surface area (Å²) in [5, 5.41) is 9.33. The van der Waals surface area contributed by atoms with Gasteiger partial charge in [-0.3, -0.25) is 14.7 Å². The molecule has 1 unspecified atom stereocenters. The lowest BCUT2D eigenvalue weighted by atomic mass is 9.77. The molecule has 1 atom stereocenters. The third-order valence-electron chi connectivity index (χ3n) is 6.46. The van der Waals surface area contributed by atoms with Crippen molar-refractivity contribution in [1.29, 1.82) is 5.26 Å². The van der Waals surface area contributed by atoms with E-state index in [1.165, 1.54) is 18.3 Å². The number of sulfone groups is 1. The van der Waals surface area contributed by atoms with Crippen LogP contribution in [0, 0.1) is 17.2 Å². The van der Waals surface area contributed by atoms with E-state index in [4.69, 9.17) is 11.5 Å². The number of nitrogens with two attached hydrogens (primary N) is 2. The zero-order valence-electron chi connectivity index (χ0n) is 18.9. The van der Waals surface area contributed by atoms with Gasteiger partial charge in [0.25, 0.3) is 0 Å². The number of amidine groups is 1. The van der Waals surface area contributed by atoms with E-state index in [2.05, 4.69) is 21.0 Å². The Balaban J connectivity index is 1.74. The van der Waals surface area contributed by atoms with E-state index in [1.807, 2.05) is 0 Å². The zero-order chi connectivity index (χ0) is 25.8. The molecule has 13 heteroatoms. The van der Waals surface area contributed by atoms with Crippen molar-refractivity contribution in [3.63, 3.8) is 0 Å². The summed E-state index contributed by atoms with van der Waals surface area (Å²) >= 11 is 0. The van der Waals surface area contributed by atoms with Crippen LogP contribution in [0.25, 0.3) is 0 Å². The van der Waals surface area contributed by atoms with Gasteiger partial charge in [0.2, 0.25) is 15.7 Å². The highest BCUT2D eigenvalue weighted by atomic mass is 32.2. The van der Waals surface area contributed by atoms with Gasteiger partial charge in [0.1, 0.15) is 17.9 Å². The summed E-state index contributed by atoms with van der Waals surface area (Å²) in [6, 6.07) is 6.65. The second-order valence-corrected chi connectivity index (χ2v) is 10.8. The van der Waals surface area contributed by atoms with Crippen LogP contribution < -0.4 is 11.5 Å². The molecule has 1 saturated carbocycles. The fourth-order valence-electron chi connectivity index (χ4n) is 4.32. The van der Waals surface area contributed by atoms with Crippen LogP contribution in [0.15, 0.2) is 39.1 Å². The molecule has 35 heavy (non-hydrogen) atoms. The molecule has 1 aromatic carbocycles. The van der Waals surface area contributed by atoms with E-state index in [9.17, 15) is 31.6 Å². The molecular weight excluding hydrogens is 485 g/mol. The van der Waals surface area contributed by atoms with Gasteiger partial charge in [0.05, 0.1) is 28.6 Å². The summed E-state index contributed by atoms with van der Waals surface area (Å²) in [5.74, 6) is -5.81. The van der Waals surface area contributed by atoms with Crippen molar-refractivity contribution in [3.05, 3.63) is 24.3 Å². The number of carbonyl (C=O) groups is 1. The maximum Gasteiger partial charge on any atom is 0.341 e. The minimum atomic E-state index is -4.75. The van der Waals surface area contributed by atoms with Crippen LogP contribution in [-0.4, -0.2) is 67.9 Å². The molecule has 2 fully saturated rings. The van der Waals surface area contributed by atoms with Crippen LogP contribution in [-0.2, 0) is 14.6 Å². The van der Waals surface area contributed by atoms with Gasteiger partial charge >= 0.3 is 5.76 Å². The first kappa shape index (κ1) is 26.6. The van der Waals surface area contributed by atoms with E-state index in [0.29, 0.717) is 25.9 Å². The number of halogens is 3. The number of aliphatic imine (C=N–C) groups is 2. The summed E-state index contributed by atoms with van der Waals surface area (Å²) in [4.78, 5) is 22.1. The Morgan fingerprint density at radius 1 is 1.23 bits per heavy atom. The third-order valence-corrected chi connectivity index (χ3v) is 7.85. The number of hydrogen-bond acceptors (Lipinski definition) is 7. The predicted octanol–water partition coefficient (Wildman–Crippen LogP) is 2.09. The maximum atomic E-state index is 13.2. The van der Waals surface area contributed by atoms with E-state index >= 15 is 0 Å². The molecule has 9 nitrogen and oxygen atoms in total. The van der Waals surface area contributed by atoms with Crippen molar-refractivity contribution in [1.82, 2.24) is 4.90 Å². The van der Waals surface area contributed by atoms with Crippen molar-refractivity contribution in [2.45, 2.75) is 60.5 Å². The van der Waals surface area contributed by atoms with Crippen LogP contribution in [0.4, 0.5) is 18.9 Å². The average molecular weight is 513 g/mol. The highest BCUT2D eigenvalue weighted by molar-refractivity contribution is 7.91. The smallest absolute Gasteiger partial charge is 0.341 e. The van der Waals surface area contributed by atoms with Crippen molar-refractivity contribution < 1.29 is 26.4 Å². The fourth-order valence-corrected chi connectivity index (χ4v) is 5.04. The molecule has 0 aromatic heterocycles. The molecule has 1 aromatic rings. The topological polar surface area (TPSA) is 155 Å². The first-order valence-corrected chi connectivity index (χ1v) is 12.6. The van der Waals surface area contributed by atoms with Crippen molar-refractivity contribution >= 4 is 33.5 Å². The van der Waals surface area contributed by atoms with Crippen molar-refractivity contribution in [2.24, 2.45) is 27.4 Å². The number of alkyl halides is 3. The number of primary amides is 1. The Hall–Kier alpha value is -2.98. The molecule has 1 saturated heterocycles. The molecule has 2 aliphatic rings. The van der Waals surface area contributed by atoms with Crippen molar-refractivity contribution in [3.8, 4) is 6.07 Å². The minimum absolute atomic E-state index is 0.128. The number of nitrogens with zero attached hydrogens (tertiary/aromatic N) is 4. The second-order valence-electron chi connectivity index (χ2n) is 8.84. The second kappa shape index (κ2) is 10.7. The lowest BCUT2D eigenvalue weighted by Gasteiger charge is -2.45. The summed E-state index contributed by atoms with van der Waals surface area (Å²) in [6.07, 6.45) is 3.26. The molecule has 1 aliphatic carbocycles. The zero-order valence-corrected chi connectivity index (χ0v) is 19.7. The number of likely N-dealkylation sites (tertiary alicyclic amines) is 1. The normalized spacial score (nSPS) is 25.3. The fraction of sp³-hybridized carbons (Fsp3) is 0.545. The van der Waals surface area contributed by atoms with E-state index in [1.54, 1.807) is 0 Å². The number of carbonyl (C=O) groups excluding carboxylic acids is 1. The molecule has 0 bridgehead atoms. The number of hydrogen-bond donors (Lipinski definition) is 2. The molecule has 1 aliphatic heterocycles. The largest absolute Gasteiger partial charge is 0.386 e. The van der Waals surface area contributed by atoms with Gasteiger partial charge in [-0.2, -0.15) is 14.0 Å². The Morgan fingerprint density at radius 3 is 2.31 bits per heavy atom. The van der Waals surface area contributed by atoms with Crippen LogP contribution in [0.5, 0.6) is 0 Å². The monoisotopic (exact) mass is 512 g/mol. The molecule has 1 heterocycles. The summed E-state index contributed by atoms with van der Waals surface area (Å²) in [7, 11) is -4.75. The Bertz CT molecular complexity index is 1120.